The lowest BCUT2D eigenvalue weighted by Crippen LogP contribution is -2.53. The number of piperazine rings is 1. The SMILES string of the molecule is CC(C)(C)C(=O)NCC(=O)N1CCN(CC(=O)NC2CC2)CC1. The molecule has 2 N–H and O–H groups in total. The highest BCUT2D eigenvalue weighted by molar-refractivity contribution is 5.87. The van der Waals surface area contributed by atoms with Crippen LogP contribution in [-0.4, -0.2) is 72.8 Å². The molecule has 1 saturated heterocycles. The summed E-state index contributed by atoms with van der Waals surface area (Å²) in [5, 5.41) is 5.66. The molecule has 1 heterocycles. The summed E-state index contributed by atoms with van der Waals surface area (Å²) >= 11 is 0. The summed E-state index contributed by atoms with van der Waals surface area (Å²) in [4.78, 5) is 39.5. The van der Waals surface area contributed by atoms with Crippen LogP contribution in [-0.2, 0) is 14.4 Å². The number of nitrogens with one attached hydrogen (secondary N) is 2. The fourth-order valence-corrected chi connectivity index (χ4v) is 2.39. The zero-order chi connectivity index (χ0) is 17.0. The average molecular weight is 324 g/mol. The molecule has 2 fully saturated rings. The fourth-order valence-electron chi connectivity index (χ4n) is 2.39. The molecular weight excluding hydrogens is 296 g/mol. The molecule has 0 atom stereocenters. The summed E-state index contributed by atoms with van der Waals surface area (Å²) in [7, 11) is 0. The third-order valence-corrected chi connectivity index (χ3v) is 4.12. The van der Waals surface area contributed by atoms with Crippen molar-refractivity contribution in [2.75, 3.05) is 39.3 Å². The molecule has 2 aliphatic rings. The van der Waals surface area contributed by atoms with E-state index >= 15 is 0 Å². The number of hydrogen-bond acceptors (Lipinski definition) is 4. The second-order valence-corrected chi connectivity index (χ2v) is 7.43. The minimum Gasteiger partial charge on any atom is -0.352 e. The quantitative estimate of drug-likeness (QED) is 0.719. The largest absolute Gasteiger partial charge is 0.352 e. The number of carbonyl (C=O) groups excluding carboxylic acids is 3. The smallest absolute Gasteiger partial charge is 0.242 e. The van der Waals surface area contributed by atoms with E-state index in [1.54, 1.807) is 4.90 Å². The van der Waals surface area contributed by atoms with Gasteiger partial charge in [0.05, 0.1) is 13.1 Å². The van der Waals surface area contributed by atoms with Crippen molar-refractivity contribution in [3.8, 4) is 0 Å². The van der Waals surface area contributed by atoms with Crippen LogP contribution >= 0.6 is 0 Å². The summed E-state index contributed by atoms with van der Waals surface area (Å²) in [6, 6.07) is 0.386. The van der Waals surface area contributed by atoms with Gasteiger partial charge in [-0.2, -0.15) is 0 Å². The van der Waals surface area contributed by atoms with Crippen LogP contribution in [0.25, 0.3) is 0 Å². The van der Waals surface area contributed by atoms with Gasteiger partial charge in [0.2, 0.25) is 17.7 Å². The topological polar surface area (TPSA) is 81.8 Å². The number of carbonyl (C=O) groups is 3. The van der Waals surface area contributed by atoms with Crippen LogP contribution in [0.15, 0.2) is 0 Å². The Bertz CT molecular complexity index is 460. The second-order valence-electron chi connectivity index (χ2n) is 7.43. The number of rotatable bonds is 5. The molecule has 1 aliphatic heterocycles. The van der Waals surface area contributed by atoms with Crippen molar-refractivity contribution in [1.29, 1.82) is 0 Å². The van der Waals surface area contributed by atoms with Crippen molar-refractivity contribution in [3.63, 3.8) is 0 Å². The molecule has 2 rings (SSSR count). The van der Waals surface area contributed by atoms with Crippen molar-refractivity contribution in [1.82, 2.24) is 20.4 Å². The third-order valence-electron chi connectivity index (χ3n) is 4.12. The molecular formula is C16H28N4O3. The van der Waals surface area contributed by atoms with E-state index in [9.17, 15) is 14.4 Å². The molecule has 0 aromatic rings. The Labute approximate surface area is 137 Å². The minimum atomic E-state index is -0.492. The van der Waals surface area contributed by atoms with Gasteiger partial charge in [0.25, 0.3) is 0 Å². The predicted octanol–water partition coefficient (Wildman–Crippen LogP) is -0.428. The van der Waals surface area contributed by atoms with E-state index in [0.29, 0.717) is 38.8 Å². The zero-order valence-corrected chi connectivity index (χ0v) is 14.4. The maximum atomic E-state index is 12.1. The molecule has 0 unspecified atom stereocenters. The van der Waals surface area contributed by atoms with Crippen molar-refractivity contribution in [2.24, 2.45) is 5.41 Å². The van der Waals surface area contributed by atoms with E-state index < -0.39 is 5.41 Å². The summed E-state index contributed by atoms with van der Waals surface area (Å²) in [5.74, 6) is -0.115. The maximum Gasteiger partial charge on any atom is 0.242 e. The molecule has 0 spiro atoms. The van der Waals surface area contributed by atoms with Gasteiger partial charge < -0.3 is 15.5 Å². The van der Waals surface area contributed by atoms with Crippen LogP contribution < -0.4 is 10.6 Å². The van der Waals surface area contributed by atoms with Crippen LogP contribution in [0.5, 0.6) is 0 Å². The van der Waals surface area contributed by atoms with E-state index in [4.69, 9.17) is 0 Å². The standard InChI is InChI=1S/C16H28N4O3/c1-16(2,3)15(23)17-10-14(22)20-8-6-19(7-9-20)11-13(21)18-12-4-5-12/h12H,4-11H2,1-3H3,(H,17,23)(H,18,21). The lowest BCUT2D eigenvalue weighted by Gasteiger charge is -2.34. The lowest BCUT2D eigenvalue weighted by molar-refractivity contribution is -0.136. The molecule has 23 heavy (non-hydrogen) atoms. The molecule has 3 amide bonds. The molecule has 7 heteroatoms. The molecule has 0 aromatic heterocycles. The van der Waals surface area contributed by atoms with Crippen molar-refractivity contribution >= 4 is 17.7 Å². The molecule has 0 aromatic carbocycles. The summed E-state index contributed by atoms with van der Waals surface area (Å²) in [5.41, 5.74) is -0.492. The van der Waals surface area contributed by atoms with Crippen LogP contribution in [0, 0.1) is 5.41 Å². The zero-order valence-electron chi connectivity index (χ0n) is 14.4. The van der Waals surface area contributed by atoms with Gasteiger partial charge in [-0.25, -0.2) is 0 Å². The van der Waals surface area contributed by atoms with Crippen LogP contribution in [0.2, 0.25) is 0 Å². The van der Waals surface area contributed by atoms with Gasteiger partial charge in [0.1, 0.15) is 0 Å². The van der Waals surface area contributed by atoms with E-state index in [-0.39, 0.29) is 24.3 Å². The Morgan fingerprint density at radius 2 is 1.65 bits per heavy atom. The van der Waals surface area contributed by atoms with Gasteiger partial charge >= 0.3 is 0 Å². The Hall–Kier alpha value is -1.63. The Kier molecular flexibility index (Phi) is 5.62. The molecule has 1 saturated carbocycles. The van der Waals surface area contributed by atoms with E-state index in [1.165, 1.54) is 0 Å². The number of nitrogens with zero attached hydrogens (tertiary/aromatic N) is 2. The minimum absolute atomic E-state index is 0.0399. The van der Waals surface area contributed by atoms with Gasteiger partial charge in [-0.3, -0.25) is 19.3 Å². The van der Waals surface area contributed by atoms with E-state index in [0.717, 1.165) is 12.8 Å². The Morgan fingerprint density at radius 1 is 1.04 bits per heavy atom. The summed E-state index contributed by atoms with van der Waals surface area (Å²) < 4.78 is 0. The maximum absolute atomic E-state index is 12.1. The van der Waals surface area contributed by atoms with Gasteiger partial charge in [-0.05, 0) is 12.8 Å². The van der Waals surface area contributed by atoms with Crippen molar-refractivity contribution < 1.29 is 14.4 Å². The molecule has 130 valence electrons. The van der Waals surface area contributed by atoms with Crippen LogP contribution in [0.3, 0.4) is 0 Å². The van der Waals surface area contributed by atoms with Crippen molar-refractivity contribution in [2.45, 2.75) is 39.7 Å². The highest BCUT2D eigenvalue weighted by Gasteiger charge is 2.27. The monoisotopic (exact) mass is 324 g/mol. The van der Waals surface area contributed by atoms with E-state index in [1.807, 2.05) is 20.8 Å². The number of amides is 3. The normalized spacial score (nSPS) is 19.3. The third kappa shape index (κ3) is 5.82. The highest BCUT2D eigenvalue weighted by Crippen LogP contribution is 2.18. The molecule has 7 nitrogen and oxygen atoms in total. The fraction of sp³-hybridized carbons (Fsp3) is 0.812. The average Bonchev–Trinajstić information content (AvgIpc) is 3.27. The number of hydrogen-bond donors (Lipinski definition) is 2. The Balaban J connectivity index is 1.65. The Morgan fingerprint density at radius 3 is 2.17 bits per heavy atom. The van der Waals surface area contributed by atoms with Gasteiger partial charge in [-0.1, -0.05) is 20.8 Å². The van der Waals surface area contributed by atoms with Crippen LogP contribution in [0.1, 0.15) is 33.6 Å². The van der Waals surface area contributed by atoms with Crippen LogP contribution in [0.4, 0.5) is 0 Å². The van der Waals surface area contributed by atoms with Gasteiger partial charge in [-0.15, -0.1) is 0 Å². The first-order chi connectivity index (χ1) is 10.8. The first kappa shape index (κ1) is 17.7. The molecule has 0 bridgehead atoms. The highest BCUT2D eigenvalue weighted by atomic mass is 16.2. The second kappa shape index (κ2) is 7.29. The van der Waals surface area contributed by atoms with Gasteiger partial charge in [0, 0.05) is 37.6 Å². The first-order valence-corrected chi connectivity index (χ1v) is 8.33. The summed E-state index contributed by atoms with van der Waals surface area (Å²) in [6.07, 6.45) is 2.18. The van der Waals surface area contributed by atoms with E-state index in [2.05, 4.69) is 15.5 Å². The summed E-state index contributed by atoms with van der Waals surface area (Å²) in [6.45, 7) is 8.47. The molecule has 0 radical (unpaired) electrons. The lowest BCUT2D eigenvalue weighted by atomic mass is 9.96. The molecule has 1 aliphatic carbocycles. The predicted molar refractivity (Wildman–Crippen MR) is 86.6 cm³/mol. The van der Waals surface area contributed by atoms with Gasteiger partial charge in [0.15, 0.2) is 0 Å². The van der Waals surface area contributed by atoms with Crippen molar-refractivity contribution in [3.05, 3.63) is 0 Å². The first-order valence-electron chi connectivity index (χ1n) is 8.33.